The second-order valence-corrected chi connectivity index (χ2v) is 4.87. The van der Waals surface area contributed by atoms with Crippen molar-refractivity contribution >= 4 is 11.9 Å². The van der Waals surface area contributed by atoms with Gasteiger partial charge in [0.15, 0.2) is 5.96 Å². The minimum Gasteiger partial charge on any atom is -0.370 e. The third-order valence-corrected chi connectivity index (χ3v) is 1.93. The van der Waals surface area contributed by atoms with Crippen molar-refractivity contribution in [3.8, 4) is 0 Å². The molecule has 0 aliphatic carbocycles. The molecule has 1 heterocycles. The van der Waals surface area contributed by atoms with E-state index >= 15 is 0 Å². The number of aromatic nitrogens is 2. The van der Waals surface area contributed by atoms with Gasteiger partial charge in [-0.1, -0.05) is 0 Å². The molecule has 18 heavy (non-hydrogen) atoms. The van der Waals surface area contributed by atoms with Crippen LogP contribution in [0.3, 0.4) is 0 Å². The lowest BCUT2D eigenvalue weighted by molar-refractivity contribution is 0.0950. The number of nitrogens with two attached hydrogens (primary N) is 1. The van der Waals surface area contributed by atoms with E-state index in [1.54, 1.807) is 6.07 Å². The number of carbonyl (C=O) groups is 1. The second-order valence-electron chi connectivity index (χ2n) is 4.87. The van der Waals surface area contributed by atoms with E-state index in [-0.39, 0.29) is 11.4 Å². The molecule has 0 saturated carbocycles. The Morgan fingerprint density at radius 1 is 1.56 bits per heavy atom. The molecule has 1 rings (SSSR count). The van der Waals surface area contributed by atoms with Crippen molar-refractivity contribution in [3.05, 3.63) is 18.0 Å². The van der Waals surface area contributed by atoms with Crippen LogP contribution in [0.4, 0.5) is 0 Å². The molecule has 0 spiro atoms. The fourth-order valence-corrected chi connectivity index (χ4v) is 1.25. The first kappa shape index (κ1) is 14.0. The number of hydrogen-bond acceptors (Lipinski definition) is 3. The zero-order valence-electron chi connectivity index (χ0n) is 10.9. The second kappa shape index (κ2) is 6.04. The summed E-state index contributed by atoms with van der Waals surface area (Å²) in [5, 5.41) is 12.0. The van der Waals surface area contributed by atoms with Gasteiger partial charge in [-0.25, -0.2) is 0 Å². The van der Waals surface area contributed by atoms with Gasteiger partial charge in [0.25, 0.3) is 5.91 Å². The summed E-state index contributed by atoms with van der Waals surface area (Å²) in [6.07, 6.45) is 1.53. The molecule has 0 saturated heterocycles. The zero-order chi connectivity index (χ0) is 13.6. The summed E-state index contributed by atoms with van der Waals surface area (Å²) in [4.78, 5) is 15.6. The average Bonchev–Trinajstić information content (AvgIpc) is 2.74. The summed E-state index contributed by atoms with van der Waals surface area (Å²) in [6, 6.07) is 1.61. The maximum atomic E-state index is 11.5. The number of aliphatic imine (C=N–C) groups is 1. The van der Waals surface area contributed by atoms with E-state index in [9.17, 15) is 4.79 Å². The van der Waals surface area contributed by atoms with Crippen LogP contribution in [0, 0.1) is 0 Å². The van der Waals surface area contributed by atoms with Crippen molar-refractivity contribution in [3.63, 3.8) is 0 Å². The first-order chi connectivity index (χ1) is 8.38. The number of amides is 1. The molecule has 7 heteroatoms. The van der Waals surface area contributed by atoms with Gasteiger partial charge in [-0.3, -0.25) is 14.9 Å². The molecule has 100 valence electrons. The standard InChI is InChI=1S/C11H20N6O/c1-11(2,3)16-10(12)14-7-6-13-9(18)8-4-5-15-17-8/h4-5H,6-7H2,1-3H3,(H,13,18)(H,15,17)(H3,12,14,16). The number of hydrogen-bond donors (Lipinski definition) is 4. The molecule has 0 aliphatic heterocycles. The molecule has 0 unspecified atom stereocenters. The summed E-state index contributed by atoms with van der Waals surface area (Å²) >= 11 is 0. The van der Waals surface area contributed by atoms with E-state index in [2.05, 4.69) is 25.8 Å². The van der Waals surface area contributed by atoms with E-state index in [1.807, 2.05) is 20.8 Å². The molecule has 0 atom stereocenters. The van der Waals surface area contributed by atoms with Gasteiger partial charge < -0.3 is 16.4 Å². The Morgan fingerprint density at radius 2 is 2.28 bits per heavy atom. The monoisotopic (exact) mass is 252 g/mol. The van der Waals surface area contributed by atoms with Crippen LogP contribution in [-0.2, 0) is 0 Å². The van der Waals surface area contributed by atoms with Gasteiger partial charge in [0, 0.05) is 18.3 Å². The van der Waals surface area contributed by atoms with E-state index in [4.69, 9.17) is 5.73 Å². The zero-order valence-corrected chi connectivity index (χ0v) is 10.9. The number of nitrogens with one attached hydrogen (secondary N) is 3. The van der Waals surface area contributed by atoms with Gasteiger partial charge in [0.1, 0.15) is 5.69 Å². The number of guanidine groups is 1. The van der Waals surface area contributed by atoms with Crippen molar-refractivity contribution in [2.45, 2.75) is 26.3 Å². The van der Waals surface area contributed by atoms with E-state index in [0.29, 0.717) is 24.7 Å². The fourth-order valence-electron chi connectivity index (χ4n) is 1.25. The summed E-state index contributed by atoms with van der Waals surface area (Å²) in [6.45, 7) is 6.83. The van der Waals surface area contributed by atoms with Gasteiger partial charge in [0.05, 0.1) is 6.54 Å². The van der Waals surface area contributed by atoms with Crippen LogP contribution in [0.15, 0.2) is 17.3 Å². The molecular formula is C11H20N6O. The van der Waals surface area contributed by atoms with E-state index in [0.717, 1.165) is 0 Å². The maximum Gasteiger partial charge on any atom is 0.269 e. The summed E-state index contributed by atoms with van der Waals surface area (Å²) < 4.78 is 0. The number of nitrogens with zero attached hydrogens (tertiary/aromatic N) is 2. The Labute approximate surface area is 106 Å². The van der Waals surface area contributed by atoms with Crippen molar-refractivity contribution in [2.24, 2.45) is 10.7 Å². The van der Waals surface area contributed by atoms with Crippen LogP contribution in [0.1, 0.15) is 31.3 Å². The molecule has 0 fully saturated rings. The number of aromatic amines is 1. The Bertz CT molecular complexity index is 404. The quantitative estimate of drug-likeness (QED) is 0.339. The van der Waals surface area contributed by atoms with E-state index in [1.165, 1.54) is 6.20 Å². The third kappa shape index (κ3) is 5.33. The molecule has 0 bridgehead atoms. The minimum absolute atomic E-state index is 0.118. The van der Waals surface area contributed by atoms with Crippen molar-refractivity contribution in [2.75, 3.05) is 13.1 Å². The normalized spacial score (nSPS) is 12.3. The molecule has 0 aromatic carbocycles. The predicted molar refractivity (Wildman–Crippen MR) is 70.3 cm³/mol. The molecule has 1 aromatic rings. The van der Waals surface area contributed by atoms with Gasteiger partial charge in [-0.15, -0.1) is 0 Å². The van der Waals surface area contributed by atoms with Crippen LogP contribution in [0.5, 0.6) is 0 Å². The number of H-pyrrole nitrogens is 1. The summed E-state index contributed by atoms with van der Waals surface area (Å²) in [5.41, 5.74) is 5.99. The molecule has 1 amide bonds. The Hall–Kier alpha value is -2.05. The fraction of sp³-hybridized carbons (Fsp3) is 0.545. The van der Waals surface area contributed by atoms with Gasteiger partial charge >= 0.3 is 0 Å². The lowest BCUT2D eigenvalue weighted by Crippen LogP contribution is -2.45. The first-order valence-electron chi connectivity index (χ1n) is 5.74. The van der Waals surface area contributed by atoms with Gasteiger partial charge in [0.2, 0.25) is 0 Å². The van der Waals surface area contributed by atoms with Crippen LogP contribution in [0.25, 0.3) is 0 Å². The summed E-state index contributed by atoms with van der Waals surface area (Å²) in [7, 11) is 0. The SMILES string of the molecule is CC(C)(C)NC(N)=NCCNC(=O)c1ccn[nH]1. The third-order valence-electron chi connectivity index (χ3n) is 1.93. The van der Waals surface area contributed by atoms with Crippen molar-refractivity contribution < 1.29 is 4.79 Å². The van der Waals surface area contributed by atoms with Crippen LogP contribution < -0.4 is 16.4 Å². The Morgan fingerprint density at radius 3 is 2.83 bits per heavy atom. The molecule has 5 N–H and O–H groups in total. The topological polar surface area (TPSA) is 108 Å². The van der Waals surface area contributed by atoms with Crippen molar-refractivity contribution in [1.82, 2.24) is 20.8 Å². The van der Waals surface area contributed by atoms with Gasteiger partial charge in [-0.05, 0) is 26.8 Å². The molecule has 7 nitrogen and oxygen atoms in total. The average molecular weight is 252 g/mol. The highest BCUT2D eigenvalue weighted by molar-refractivity contribution is 5.92. The highest BCUT2D eigenvalue weighted by Crippen LogP contribution is 1.96. The lowest BCUT2D eigenvalue weighted by atomic mass is 10.1. The number of carbonyl (C=O) groups excluding carboxylic acids is 1. The van der Waals surface area contributed by atoms with Crippen LogP contribution in [0.2, 0.25) is 0 Å². The predicted octanol–water partition coefficient (Wildman–Crippen LogP) is -0.158. The van der Waals surface area contributed by atoms with Gasteiger partial charge in [-0.2, -0.15) is 5.10 Å². The summed E-state index contributed by atoms with van der Waals surface area (Å²) in [5.74, 6) is 0.170. The van der Waals surface area contributed by atoms with Crippen molar-refractivity contribution in [1.29, 1.82) is 0 Å². The first-order valence-corrected chi connectivity index (χ1v) is 5.74. The molecule has 1 aromatic heterocycles. The van der Waals surface area contributed by atoms with Crippen LogP contribution >= 0.6 is 0 Å². The smallest absolute Gasteiger partial charge is 0.269 e. The molecular weight excluding hydrogens is 232 g/mol. The maximum absolute atomic E-state index is 11.5. The minimum atomic E-state index is -0.204. The lowest BCUT2D eigenvalue weighted by Gasteiger charge is -2.20. The number of rotatable bonds is 4. The Kier molecular flexibility index (Phi) is 4.70. The largest absolute Gasteiger partial charge is 0.370 e. The Balaban J connectivity index is 2.26. The highest BCUT2D eigenvalue weighted by atomic mass is 16.1. The molecule has 0 aliphatic rings. The van der Waals surface area contributed by atoms with E-state index < -0.39 is 0 Å². The molecule has 0 radical (unpaired) electrons. The van der Waals surface area contributed by atoms with Crippen LogP contribution in [-0.4, -0.2) is 40.7 Å². The highest BCUT2D eigenvalue weighted by Gasteiger charge is 2.09.